The summed E-state index contributed by atoms with van der Waals surface area (Å²) in [6, 6.07) is 5.50. The molecule has 1 aromatic rings. The van der Waals surface area contributed by atoms with Crippen molar-refractivity contribution in [3.8, 4) is 0 Å². The third-order valence-electron chi connectivity index (χ3n) is 2.76. The average molecular weight is 329 g/mol. The van der Waals surface area contributed by atoms with Crippen molar-refractivity contribution in [2.75, 3.05) is 12.3 Å². The van der Waals surface area contributed by atoms with E-state index in [1.165, 1.54) is 16.7 Å². The van der Waals surface area contributed by atoms with Crippen molar-refractivity contribution in [2.24, 2.45) is 0 Å². The quantitative estimate of drug-likeness (QED) is 0.683. The van der Waals surface area contributed by atoms with Crippen LogP contribution in [0.15, 0.2) is 27.6 Å². The minimum Gasteiger partial charge on any atom is -0.398 e. The summed E-state index contributed by atoms with van der Waals surface area (Å²) in [6.45, 7) is 2.24. The van der Waals surface area contributed by atoms with Gasteiger partial charge in [-0.3, -0.25) is 14.5 Å². The van der Waals surface area contributed by atoms with Gasteiger partial charge in [-0.25, -0.2) is 0 Å². The SMILES string of the molecule is CCN1C(=O)CC(Sc2cc(Br)ccc2N)C1=O. The lowest BCUT2D eigenvalue weighted by atomic mass is 10.3. The highest BCUT2D eigenvalue weighted by Gasteiger charge is 2.38. The predicted molar refractivity (Wildman–Crippen MR) is 75.2 cm³/mol. The van der Waals surface area contributed by atoms with Gasteiger partial charge in [-0.1, -0.05) is 15.9 Å². The second-order valence-electron chi connectivity index (χ2n) is 3.97. The van der Waals surface area contributed by atoms with E-state index in [9.17, 15) is 9.59 Å². The van der Waals surface area contributed by atoms with Gasteiger partial charge in [0.1, 0.15) is 0 Å². The topological polar surface area (TPSA) is 63.4 Å². The Morgan fingerprint density at radius 3 is 2.83 bits per heavy atom. The maximum atomic E-state index is 12.0. The van der Waals surface area contributed by atoms with E-state index in [1.54, 1.807) is 13.0 Å². The molecule has 2 rings (SSSR count). The minimum absolute atomic E-state index is 0.103. The number of amides is 2. The molecule has 0 bridgehead atoms. The number of carbonyl (C=O) groups is 2. The smallest absolute Gasteiger partial charge is 0.243 e. The van der Waals surface area contributed by atoms with Crippen LogP contribution in [0.4, 0.5) is 5.69 Å². The van der Waals surface area contributed by atoms with E-state index < -0.39 is 0 Å². The first-order chi connectivity index (χ1) is 8.52. The largest absolute Gasteiger partial charge is 0.398 e. The number of hydrogen-bond acceptors (Lipinski definition) is 4. The maximum absolute atomic E-state index is 12.0. The van der Waals surface area contributed by atoms with Crippen LogP contribution in [0.1, 0.15) is 13.3 Å². The van der Waals surface area contributed by atoms with Gasteiger partial charge in [0.05, 0.1) is 5.25 Å². The number of halogens is 1. The molecule has 1 heterocycles. The molecule has 2 amide bonds. The number of carbonyl (C=O) groups excluding carboxylic acids is 2. The highest BCUT2D eigenvalue weighted by molar-refractivity contribution is 9.10. The van der Waals surface area contributed by atoms with E-state index in [4.69, 9.17) is 5.73 Å². The molecule has 0 aliphatic carbocycles. The number of hydrogen-bond donors (Lipinski definition) is 1. The molecule has 4 nitrogen and oxygen atoms in total. The van der Waals surface area contributed by atoms with Gasteiger partial charge in [-0.05, 0) is 25.1 Å². The molecule has 1 aromatic carbocycles. The van der Waals surface area contributed by atoms with Crippen molar-refractivity contribution in [3.63, 3.8) is 0 Å². The zero-order valence-corrected chi connectivity index (χ0v) is 12.3. The van der Waals surface area contributed by atoms with E-state index in [0.717, 1.165) is 9.37 Å². The van der Waals surface area contributed by atoms with Crippen molar-refractivity contribution in [1.29, 1.82) is 0 Å². The third kappa shape index (κ3) is 2.54. The summed E-state index contributed by atoms with van der Waals surface area (Å²) in [5.74, 6) is -0.222. The molecule has 96 valence electrons. The van der Waals surface area contributed by atoms with E-state index in [-0.39, 0.29) is 23.5 Å². The zero-order chi connectivity index (χ0) is 13.3. The van der Waals surface area contributed by atoms with Gasteiger partial charge >= 0.3 is 0 Å². The lowest BCUT2D eigenvalue weighted by molar-refractivity contribution is -0.137. The van der Waals surface area contributed by atoms with Crippen molar-refractivity contribution < 1.29 is 9.59 Å². The van der Waals surface area contributed by atoms with E-state index in [1.807, 2.05) is 12.1 Å². The van der Waals surface area contributed by atoms with Gasteiger partial charge in [-0.15, -0.1) is 11.8 Å². The van der Waals surface area contributed by atoms with E-state index in [2.05, 4.69) is 15.9 Å². The molecule has 18 heavy (non-hydrogen) atoms. The lowest BCUT2D eigenvalue weighted by Crippen LogP contribution is -2.30. The summed E-state index contributed by atoms with van der Waals surface area (Å²) in [4.78, 5) is 25.7. The van der Waals surface area contributed by atoms with Crippen molar-refractivity contribution in [1.82, 2.24) is 4.90 Å². The number of nitrogens with zero attached hydrogens (tertiary/aromatic N) is 1. The Morgan fingerprint density at radius 2 is 2.22 bits per heavy atom. The molecule has 6 heteroatoms. The summed E-state index contributed by atoms with van der Waals surface area (Å²) < 4.78 is 0.906. The van der Waals surface area contributed by atoms with Crippen molar-refractivity contribution in [3.05, 3.63) is 22.7 Å². The molecule has 1 atom stereocenters. The monoisotopic (exact) mass is 328 g/mol. The van der Waals surface area contributed by atoms with Crippen LogP contribution in [-0.4, -0.2) is 28.5 Å². The van der Waals surface area contributed by atoms with Crippen LogP contribution in [-0.2, 0) is 9.59 Å². The summed E-state index contributed by atoms with van der Waals surface area (Å²) in [6.07, 6.45) is 0.253. The summed E-state index contributed by atoms with van der Waals surface area (Å²) in [7, 11) is 0. The van der Waals surface area contributed by atoms with Crippen molar-refractivity contribution in [2.45, 2.75) is 23.5 Å². The van der Waals surface area contributed by atoms with Gasteiger partial charge in [0.25, 0.3) is 0 Å². The number of nitrogen functional groups attached to an aromatic ring is 1. The molecule has 1 aliphatic rings. The number of benzene rings is 1. The fourth-order valence-electron chi connectivity index (χ4n) is 1.84. The number of likely N-dealkylation sites (tertiary alicyclic amines) is 1. The highest BCUT2D eigenvalue weighted by Crippen LogP contribution is 2.35. The average Bonchev–Trinajstić information content (AvgIpc) is 2.59. The van der Waals surface area contributed by atoms with Gasteiger partial charge < -0.3 is 5.73 Å². The highest BCUT2D eigenvalue weighted by atomic mass is 79.9. The Labute approximate surface area is 118 Å². The van der Waals surface area contributed by atoms with Gasteiger partial charge in [0, 0.05) is 28.0 Å². The number of imide groups is 1. The van der Waals surface area contributed by atoms with E-state index in [0.29, 0.717) is 12.2 Å². The van der Waals surface area contributed by atoms with Crippen LogP contribution in [0.3, 0.4) is 0 Å². The normalized spacial score (nSPS) is 19.7. The maximum Gasteiger partial charge on any atom is 0.243 e. The predicted octanol–water partition coefficient (Wildman–Crippen LogP) is 2.27. The Balaban J connectivity index is 2.18. The standard InChI is InChI=1S/C12H13BrN2O2S/c1-2-15-11(16)6-10(12(15)17)18-9-5-7(13)3-4-8(9)14/h3-5,10H,2,6,14H2,1H3. The molecule has 0 radical (unpaired) electrons. The first kappa shape index (κ1) is 13.4. The zero-order valence-electron chi connectivity index (χ0n) is 9.85. The Morgan fingerprint density at radius 1 is 1.50 bits per heavy atom. The Bertz CT molecular complexity index is 507. The van der Waals surface area contributed by atoms with Crippen LogP contribution in [0.5, 0.6) is 0 Å². The first-order valence-corrected chi connectivity index (χ1v) is 7.26. The lowest BCUT2D eigenvalue weighted by Gasteiger charge is -2.12. The van der Waals surface area contributed by atoms with Crippen LogP contribution in [0.25, 0.3) is 0 Å². The molecule has 0 aromatic heterocycles. The van der Waals surface area contributed by atoms with Gasteiger partial charge in [0.2, 0.25) is 11.8 Å². The van der Waals surface area contributed by atoms with Gasteiger partial charge in [-0.2, -0.15) is 0 Å². The molecule has 1 unspecified atom stereocenters. The van der Waals surface area contributed by atoms with Crippen LogP contribution in [0, 0.1) is 0 Å². The van der Waals surface area contributed by atoms with Crippen LogP contribution in [0.2, 0.25) is 0 Å². The molecule has 2 N–H and O–H groups in total. The minimum atomic E-state index is -0.353. The third-order valence-corrected chi connectivity index (χ3v) is 4.52. The number of thioether (sulfide) groups is 1. The Hall–Kier alpha value is -1.01. The molecular formula is C12H13BrN2O2S. The van der Waals surface area contributed by atoms with E-state index >= 15 is 0 Å². The van der Waals surface area contributed by atoms with Gasteiger partial charge in [0.15, 0.2) is 0 Å². The summed E-state index contributed by atoms with van der Waals surface area (Å²) >= 11 is 4.72. The molecule has 1 fully saturated rings. The summed E-state index contributed by atoms with van der Waals surface area (Å²) in [5.41, 5.74) is 6.49. The molecule has 0 spiro atoms. The van der Waals surface area contributed by atoms with Crippen LogP contribution < -0.4 is 5.73 Å². The second kappa shape index (κ2) is 5.32. The second-order valence-corrected chi connectivity index (χ2v) is 6.13. The first-order valence-electron chi connectivity index (χ1n) is 5.58. The number of nitrogens with two attached hydrogens (primary N) is 1. The fourth-order valence-corrected chi connectivity index (χ4v) is 3.51. The Kier molecular flexibility index (Phi) is 3.97. The van der Waals surface area contributed by atoms with Crippen molar-refractivity contribution >= 4 is 45.2 Å². The molecule has 1 aliphatic heterocycles. The molecule has 0 saturated carbocycles. The van der Waals surface area contributed by atoms with Crippen LogP contribution >= 0.6 is 27.7 Å². The summed E-state index contributed by atoms with van der Waals surface area (Å²) in [5, 5.41) is -0.353. The number of rotatable bonds is 3. The number of anilines is 1. The molecule has 1 saturated heterocycles. The molecular weight excluding hydrogens is 316 g/mol. The fraction of sp³-hybridized carbons (Fsp3) is 0.333.